The van der Waals surface area contributed by atoms with Gasteiger partial charge in [0, 0.05) is 12.1 Å². The second-order valence-electron chi connectivity index (χ2n) is 6.78. The zero-order valence-corrected chi connectivity index (χ0v) is 17.5. The lowest BCUT2D eigenvalue weighted by Crippen LogP contribution is -2.12. The zero-order chi connectivity index (χ0) is 23.4. The van der Waals surface area contributed by atoms with Crippen LogP contribution in [0.2, 0.25) is 5.02 Å². The van der Waals surface area contributed by atoms with Crippen molar-refractivity contribution in [2.24, 2.45) is 0 Å². The summed E-state index contributed by atoms with van der Waals surface area (Å²) in [5, 5.41) is 17.5. The normalized spacial score (nSPS) is 10.7. The predicted octanol–water partition coefficient (Wildman–Crippen LogP) is 4.45. The van der Waals surface area contributed by atoms with Crippen molar-refractivity contribution < 1.29 is 23.3 Å². The highest BCUT2D eigenvalue weighted by molar-refractivity contribution is 6.32. The van der Waals surface area contributed by atoms with Crippen molar-refractivity contribution in [3.8, 4) is 5.75 Å². The smallest absolute Gasteiger partial charge is 0.293 e. The van der Waals surface area contributed by atoms with Gasteiger partial charge in [-0.25, -0.2) is 14.1 Å². The molecular weight excluding hydrogens is 457 g/mol. The van der Waals surface area contributed by atoms with Crippen LogP contribution in [0.1, 0.15) is 21.9 Å². The number of amides is 1. The summed E-state index contributed by atoms with van der Waals surface area (Å²) in [5.41, 5.74) is 0.540. The van der Waals surface area contributed by atoms with Crippen LogP contribution in [0.5, 0.6) is 5.75 Å². The molecule has 0 saturated heterocycles. The fourth-order valence-corrected chi connectivity index (χ4v) is 3.09. The first-order valence-corrected chi connectivity index (χ1v) is 9.86. The molecule has 1 N–H and O–H groups in total. The van der Waals surface area contributed by atoms with Crippen molar-refractivity contribution in [3.63, 3.8) is 0 Å². The number of rotatable bonds is 8. The summed E-state index contributed by atoms with van der Waals surface area (Å²) < 4.78 is 25.7. The zero-order valence-electron chi connectivity index (χ0n) is 16.8. The quantitative estimate of drug-likeness (QED) is 0.297. The summed E-state index contributed by atoms with van der Waals surface area (Å²) in [6.07, 6.45) is 1.41. The molecule has 0 spiro atoms. The number of aromatic nitrogens is 3. The second kappa shape index (κ2) is 9.49. The Balaban J connectivity index is 1.34. The molecule has 33 heavy (non-hydrogen) atoms. The maximum absolute atomic E-state index is 13.3. The summed E-state index contributed by atoms with van der Waals surface area (Å²) in [6.45, 7) is 0.236. The molecule has 10 nitrogen and oxygen atoms in total. The molecule has 4 aromatic rings. The lowest BCUT2D eigenvalue weighted by Gasteiger charge is -2.06. The second-order valence-corrected chi connectivity index (χ2v) is 7.18. The highest BCUT2D eigenvalue weighted by Gasteiger charge is 2.15. The van der Waals surface area contributed by atoms with E-state index < -0.39 is 10.8 Å². The molecule has 0 aliphatic carbocycles. The Morgan fingerprint density at radius 1 is 1.24 bits per heavy atom. The predicted molar refractivity (Wildman–Crippen MR) is 115 cm³/mol. The van der Waals surface area contributed by atoms with E-state index in [9.17, 15) is 19.3 Å². The lowest BCUT2D eigenvalue weighted by molar-refractivity contribution is -0.384. The van der Waals surface area contributed by atoms with Gasteiger partial charge in [-0.05, 0) is 35.9 Å². The number of nitro benzene ring substituents is 1. The van der Waals surface area contributed by atoms with E-state index in [4.69, 9.17) is 20.8 Å². The molecule has 0 aliphatic rings. The van der Waals surface area contributed by atoms with Gasteiger partial charge in [-0.1, -0.05) is 23.7 Å². The first-order valence-electron chi connectivity index (χ1n) is 9.48. The number of anilines is 1. The molecule has 0 saturated carbocycles. The van der Waals surface area contributed by atoms with E-state index in [1.807, 2.05) is 0 Å². The number of carbonyl (C=O) groups is 1. The number of furan rings is 1. The largest absolute Gasteiger partial charge is 0.484 e. The van der Waals surface area contributed by atoms with Crippen molar-refractivity contribution in [3.05, 3.63) is 99.0 Å². The minimum atomic E-state index is -0.571. The molecule has 1 amide bonds. The topological polar surface area (TPSA) is 125 Å². The van der Waals surface area contributed by atoms with Crippen LogP contribution in [0.3, 0.4) is 0 Å². The summed E-state index contributed by atoms with van der Waals surface area (Å²) in [6, 6.07) is 12.9. The number of carbonyl (C=O) groups excluding carboxylic acids is 1. The van der Waals surface area contributed by atoms with Gasteiger partial charge < -0.3 is 9.15 Å². The fraction of sp³-hybridized carbons (Fsp3) is 0.0952. The van der Waals surface area contributed by atoms with Gasteiger partial charge in [-0.3, -0.25) is 20.2 Å². The van der Waals surface area contributed by atoms with Gasteiger partial charge in [0.05, 0.1) is 16.5 Å². The number of halogens is 2. The maximum atomic E-state index is 13.3. The van der Waals surface area contributed by atoms with Crippen LogP contribution in [0.4, 0.5) is 16.0 Å². The van der Waals surface area contributed by atoms with Crippen LogP contribution in [-0.2, 0) is 13.2 Å². The molecule has 0 bridgehead atoms. The molecule has 0 radical (unpaired) electrons. The Kier molecular flexibility index (Phi) is 6.31. The number of hydrogen-bond donors (Lipinski definition) is 1. The Morgan fingerprint density at radius 3 is 2.85 bits per heavy atom. The van der Waals surface area contributed by atoms with E-state index in [0.717, 1.165) is 0 Å². The molecule has 0 fully saturated rings. The maximum Gasteiger partial charge on any atom is 0.293 e. The first-order chi connectivity index (χ1) is 15.9. The van der Waals surface area contributed by atoms with E-state index in [1.165, 1.54) is 47.4 Å². The molecule has 2 aromatic heterocycles. The van der Waals surface area contributed by atoms with Crippen molar-refractivity contribution in [2.45, 2.75) is 13.2 Å². The van der Waals surface area contributed by atoms with E-state index in [1.54, 1.807) is 18.2 Å². The van der Waals surface area contributed by atoms with Gasteiger partial charge in [-0.2, -0.15) is 0 Å². The number of nitro groups is 1. The minimum Gasteiger partial charge on any atom is -0.484 e. The van der Waals surface area contributed by atoms with Crippen LogP contribution >= 0.6 is 11.6 Å². The molecule has 2 heterocycles. The van der Waals surface area contributed by atoms with Gasteiger partial charge in [0.1, 0.15) is 30.3 Å². The van der Waals surface area contributed by atoms with Crippen molar-refractivity contribution in [1.82, 2.24) is 14.8 Å². The molecule has 2 aromatic carbocycles. The van der Waals surface area contributed by atoms with Gasteiger partial charge in [0.25, 0.3) is 11.6 Å². The SMILES string of the molecule is O=C(Nc1ncn(Cc2cccc(F)c2)n1)c1ccc(COc2ccc([N+](=O)[O-])cc2Cl)o1. The number of hydrogen-bond acceptors (Lipinski definition) is 7. The van der Waals surface area contributed by atoms with Crippen LogP contribution in [0.15, 0.2) is 65.3 Å². The first kappa shape index (κ1) is 22.0. The summed E-state index contributed by atoms with van der Waals surface area (Å²) in [5.74, 6) is -0.294. The molecule has 12 heteroatoms. The van der Waals surface area contributed by atoms with Crippen LogP contribution in [-0.4, -0.2) is 25.6 Å². The Bertz CT molecular complexity index is 1320. The number of benzene rings is 2. The monoisotopic (exact) mass is 471 g/mol. The Morgan fingerprint density at radius 2 is 2.09 bits per heavy atom. The number of ether oxygens (including phenoxy) is 1. The Labute approximate surface area is 190 Å². The molecule has 0 aliphatic heterocycles. The molecule has 0 unspecified atom stereocenters. The van der Waals surface area contributed by atoms with Crippen LogP contribution < -0.4 is 10.1 Å². The van der Waals surface area contributed by atoms with Crippen molar-refractivity contribution >= 4 is 29.1 Å². The van der Waals surface area contributed by atoms with E-state index in [0.29, 0.717) is 11.3 Å². The van der Waals surface area contributed by atoms with Crippen molar-refractivity contribution in [1.29, 1.82) is 0 Å². The third kappa shape index (κ3) is 5.52. The van der Waals surface area contributed by atoms with Crippen LogP contribution in [0.25, 0.3) is 0 Å². The standard InChI is InChI=1S/C21H15ClFN5O5/c22-17-9-15(28(30)31)4-6-18(17)32-11-16-5-7-19(33-16)20(29)25-21-24-12-27(26-21)10-13-2-1-3-14(23)8-13/h1-9,12H,10-11H2,(H,25,26,29). The van der Waals surface area contributed by atoms with Gasteiger partial charge in [0.2, 0.25) is 5.95 Å². The summed E-state index contributed by atoms with van der Waals surface area (Å²) >= 11 is 5.99. The van der Waals surface area contributed by atoms with Crippen molar-refractivity contribution in [2.75, 3.05) is 5.32 Å². The minimum absolute atomic E-state index is 0.00452. The highest BCUT2D eigenvalue weighted by atomic mass is 35.5. The highest BCUT2D eigenvalue weighted by Crippen LogP contribution is 2.29. The number of nitrogens with zero attached hydrogens (tertiary/aromatic N) is 4. The van der Waals surface area contributed by atoms with Gasteiger partial charge in [-0.15, -0.1) is 5.10 Å². The summed E-state index contributed by atoms with van der Waals surface area (Å²) in [4.78, 5) is 26.6. The molecular formula is C21H15ClFN5O5. The van der Waals surface area contributed by atoms with Gasteiger partial charge >= 0.3 is 0 Å². The third-order valence-electron chi connectivity index (χ3n) is 4.38. The van der Waals surface area contributed by atoms with Gasteiger partial charge in [0.15, 0.2) is 5.76 Å². The fourth-order valence-electron chi connectivity index (χ4n) is 2.86. The average molecular weight is 472 g/mol. The lowest BCUT2D eigenvalue weighted by atomic mass is 10.2. The molecule has 0 atom stereocenters. The molecule has 168 valence electrons. The third-order valence-corrected chi connectivity index (χ3v) is 4.67. The molecule has 4 rings (SSSR count). The number of non-ortho nitro benzene ring substituents is 1. The van der Waals surface area contributed by atoms with Crippen LogP contribution in [0, 0.1) is 15.9 Å². The summed E-state index contributed by atoms with van der Waals surface area (Å²) in [7, 11) is 0. The van der Waals surface area contributed by atoms with E-state index >= 15 is 0 Å². The van der Waals surface area contributed by atoms with E-state index in [2.05, 4.69) is 15.4 Å². The Hall–Kier alpha value is -4.25. The number of nitrogens with one attached hydrogen (secondary N) is 1. The average Bonchev–Trinajstić information content (AvgIpc) is 3.42. The van der Waals surface area contributed by atoms with E-state index in [-0.39, 0.29) is 47.1 Å².